The second-order valence-corrected chi connectivity index (χ2v) is 6.90. The highest BCUT2D eigenvalue weighted by Crippen LogP contribution is 2.24. The number of nitrogens with zero attached hydrogens (tertiary/aromatic N) is 4. The third kappa shape index (κ3) is 5.67. The quantitative estimate of drug-likeness (QED) is 0.433. The summed E-state index contributed by atoms with van der Waals surface area (Å²) in [5.41, 5.74) is 0. The third-order valence-electron chi connectivity index (χ3n) is 5.04. The van der Waals surface area contributed by atoms with Crippen molar-refractivity contribution in [2.24, 2.45) is 4.99 Å². The molecule has 3 heterocycles. The molecule has 0 unspecified atom stereocenters. The van der Waals surface area contributed by atoms with Gasteiger partial charge < -0.3 is 19.7 Å². The Morgan fingerprint density at radius 2 is 2.15 bits per heavy atom. The van der Waals surface area contributed by atoms with E-state index in [9.17, 15) is 0 Å². The summed E-state index contributed by atoms with van der Waals surface area (Å²) >= 11 is 0. The molecule has 0 saturated carbocycles. The first-order chi connectivity index (χ1) is 12.9. The van der Waals surface area contributed by atoms with Crippen molar-refractivity contribution in [2.45, 2.75) is 51.0 Å². The Kier molecular flexibility index (Phi) is 7.69. The van der Waals surface area contributed by atoms with Gasteiger partial charge in [-0.2, -0.15) is 5.10 Å². The number of aromatic amines is 1. The van der Waals surface area contributed by atoms with E-state index in [1.807, 2.05) is 0 Å². The molecular weight excluding hydrogens is 332 g/mol. The van der Waals surface area contributed by atoms with Gasteiger partial charge in [-0.25, -0.2) is 4.98 Å². The van der Waals surface area contributed by atoms with Crippen molar-refractivity contribution in [3.63, 3.8) is 0 Å². The molecule has 26 heavy (non-hydrogen) atoms. The van der Waals surface area contributed by atoms with Crippen molar-refractivity contribution in [2.75, 3.05) is 46.0 Å². The minimum atomic E-state index is 0.371. The predicted molar refractivity (Wildman–Crippen MR) is 100 cm³/mol. The lowest BCUT2D eigenvalue weighted by molar-refractivity contribution is -0.0318. The molecule has 2 aliphatic rings. The average Bonchev–Trinajstić information content (AvgIpc) is 3.23. The van der Waals surface area contributed by atoms with Gasteiger partial charge in [0, 0.05) is 51.9 Å². The van der Waals surface area contributed by atoms with Crippen LogP contribution in [0.4, 0.5) is 0 Å². The fourth-order valence-corrected chi connectivity index (χ4v) is 3.54. The fraction of sp³-hybridized carbons (Fsp3) is 0.833. The number of rotatable bonds is 7. The van der Waals surface area contributed by atoms with Crippen LogP contribution in [0.5, 0.6) is 0 Å². The molecule has 0 spiro atoms. The van der Waals surface area contributed by atoms with Crippen LogP contribution in [-0.4, -0.2) is 78.1 Å². The average molecular weight is 364 g/mol. The van der Waals surface area contributed by atoms with Crippen LogP contribution in [0.3, 0.4) is 0 Å². The molecule has 0 aliphatic carbocycles. The number of H-pyrrole nitrogens is 1. The number of nitrogens with one attached hydrogen (secondary N) is 2. The van der Waals surface area contributed by atoms with Crippen LogP contribution in [0.15, 0.2) is 11.3 Å². The van der Waals surface area contributed by atoms with Crippen molar-refractivity contribution in [1.29, 1.82) is 0 Å². The number of guanidine groups is 1. The highest BCUT2D eigenvalue weighted by Gasteiger charge is 2.24. The van der Waals surface area contributed by atoms with Crippen molar-refractivity contribution >= 4 is 5.96 Å². The van der Waals surface area contributed by atoms with E-state index in [2.05, 4.69) is 32.3 Å². The van der Waals surface area contributed by atoms with Gasteiger partial charge in [-0.1, -0.05) is 0 Å². The lowest BCUT2D eigenvalue weighted by Gasteiger charge is -2.33. The Bertz CT molecular complexity index is 522. The molecule has 0 aromatic carbocycles. The molecule has 3 rings (SSSR count). The minimum Gasteiger partial charge on any atom is -0.381 e. The van der Waals surface area contributed by atoms with Crippen LogP contribution in [-0.2, 0) is 9.47 Å². The molecule has 146 valence electrons. The summed E-state index contributed by atoms with van der Waals surface area (Å²) in [6.07, 6.45) is 7.11. The summed E-state index contributed by atoms with van der Waals surface area (Å²) in [5, 5.41) is 10.4. The van der Waals surface area contributed by atoms with Crippen molar-refractivity contribution in [1.82, 2.24) is 25.4 Å². The molecular formula is C18H32N6O2. The summed E-state index contributed by atoms with van der Waals surface area (Å²) in [5.74, 6) is 2.51. The van der Waals surface area contributed by atoms with Gasteiger partial charge >= 0.3 is 0 Å². The Morgan fingerprint density at radius 1 is 1.35 bits per heavy atom. The van der Waals surface area contributed by atoms with Crippen molar-refractivity contribution < 1.29 is 9.47 Å². The molecule has 8 heteroatoms. The molecule has 0 bridgehead atoms. The van der Waals surface area contributed by atoms with Crippen LogP contribution in [0.25, 0.3) is 0 Å². The van der Waals surface area contributed by atoms with E-state index in [4.69, 9.17) is 14.5 Å². The van der Waals surface area contributed by atoms with Gasteiger partial charge in [-0.05, 0) is 39.0 Å². The summed E-state index contributed by atoms with van der Waals surface area (Å²) in [6, 6.07) is 0. The number of hydrogen-bond acceptors (Lipinski definition) is 5. The number of hydrogen-bond donors (Lipinski definition) is 2. The normalized spacial score (nSPS) is 20.5. The maximum absolute atomic E-state index is 5.93. The molecule has 1 aromatic rings. The molecule has 0 atom stereocenters. The minimum absolute atomic E-state index is 0.371. The first-order valence-corrected chi connectivity index (χ1v) is 9.94. The zero-order valence-corrected chi connectivity index (χ0v) is 15.8. The van der Waals surface area contributed by atoms with Crippen LogP contribution < -0.4 is 5.32 Å². The summed E-state index contributed by atoms with van der Waals surface area (Å²) < 4.78 is 11.3. The summed E-state index contributed by atoms with van der Waals surface area (Å²) in [7, 11) is 0. The molecule has 0 radical (unpaired) electrons. The number of aliphatic imine (C=N–C) groups is 1. The Balaban J connectivity index is 1.39. The second kappa shape index (κ2) is 10.5. The standard InChI is InChI=1S/C18H32N6O2/c1-2-19-18(20-8-3-11-26-16-6-12-25-13-7-16)24-9-4-15(5-10-24)17-21-14-22-23-17/h14-16H,2-13H2,1H3,(H,19,20)(H,21,22,23). The zero-order valence-electron chi connectivity index (χ0n) is 15.8. The Morgan fingerprint density at radius 3 is 2.85 bits per heavy atom. The number of likely N-dealkylation sites (tertiary alicyclic amines) is 1. The maximum atomic E-state index is 5.93. The molecule has 2 N–H and O–H groups in total. The van der Waals surface area contributed by atoms with Crippen molar-refractivity contribution in [3.05, 3.63) is 12.2 Å². The summed E-state index contributed by atoms with van der Waals surface area (Å²) in [6.45, 7) is 8.24. The van der Waals surface area contributed by atoms with Crippen LogP contribution in [0.1, 0.15) is 50.8 Å². The van der Waals surface area contributed by atoms with Gasteiger partial charge in [0.2, 0.25) is 0 Å². The number of piperidine rings is 1. The predicted octanol–water partition coefficient (Wildman–Crippen LogP) is 1.54. The molecule has 2 saturated heterocycles. The smallest absolute Gasteiger partial charge is 0.193 e. The molecule has 8 nitrogen and oxygen atoms in total. The molecule has 0 amide bonds. The highest BCUT2D eigenvalue weighted by molar-refractivity contribution is 5.80. The fourth-order valence-electron chi connectivity index (χ4n) is 3.54. The van der Waals surface area contributed by atoms with E-state index in [0.717, 1.165) is 89.9 Å². The van der Waals surface area contributed by atoms with Crippen LogP contribution in [0, 0.1) is 0 Å². The molecule has 1 aromatic heterocycles. The highest BCUT2D eigenvalue weighted by atomic mass is 16.5. The van der Waals surface area contributed by atoms with Crippen LogP contribution >= 0.6 is 0 Å². The van der Waals surface area contributed by atoms with E-state index in [1.54, 1.807) is 6.33 Å². The SMILES string of the molecule is CCNC(=NCCCOC1CCOCC1)N1CCC(c2ncn[nH]2)CC1. The van der Waals surface area contributed by atoms with Crippen LogP contribution in [0.2, 0.25) is 0 Å². The number of ether oxygens (including phenoxy) is 2. The van der Waals surface area contributed by atoms with Gasteiger partial charge in [-0.15, -0.1) is 0 Å². The summed E-state index contributed by atoms with van der Waals surface area (Å²) in [4.78, 5) is 11.5. The van der Waals surface area contributed by atoms with Gasteiger partial charge in [-0.3, -0.25) is 10.1 Å². The lowest BCUT2D eigenvalue weighted by Crippen LogP contribution is -2.45. The van der Waals surface area contributed by atoms with E-state index >= 15 is 0 Å². The van der Waals surface area contributed by atoms with E-state index < -0.39 is 0 Å². The zero-order chi connectivity index (χ0) is 18.0. The first-order valence-electron chi connectivity index (χ1n) is 9.94. The van der Waals surface area contributed by atoms with Gasteiger partial charge in [0.1, 0.15) is 12.2 Å². The van der Waals surface area contributed by atoms with E-state index in [1.165, 1.54) is 0 Å². The third-order valence-corrected chi connectivity index (χ3v) is 5.04. The van der Waals surface area contributed by atoms with E-state index in [-0.39, 0.29) is 0 Å². The van der Waals surface area contributed by atoms with E-state index in [0.29, 0.717) is 12.0 Å². The Hall–Kier alpha value is -1.67. The first kappa shape index (κ1) is 19.1. The topological polar surface area (TPSA) is 87.7 Å². The van der Waals surface area contributed by atoms with Crippen molar-refractivity contribution in [3.8, 4) is 0 Å². The number of aromatic nitrogens is 3. The second-order valence-electron chi connectivity index (χ2n) is 6.90. The largest absolute Gasteiger partial charge is 0.381 e. The maximum Gasteiger partial charge on any atom is 0.193 e. The van der Waals surface area contributed by atoms with Gasteiger partial charge in [0.25, 0.3) is 0 Å². The monoisotopic (exact) mass is 364 g/mol. The Labute approximate surface area is 155 Å². The molecule has 2 fully saturated rings. The van der Waals surface area contributed by atoms with Gasteiger partial charge in [0.05, 0.1) is 6.10 Å². The van der Waals surface area contributed by atoms with Gasteiger partial charge in [0.15, 0.2) is 5.96 Å². The molecule has 2 aliphatic heterocycles. The lowest BCUT2D eigenvalue weighted by atomic mass is 9.96.